The van der Waals surface area contributed by atoms with Crippen LogP contribution in [0.3, 0.4) is 0 Å². The fourth-order valence-corrected chi connectivity index (χ4v) is 4.20. The molecule has 1 N–H and O–H groups in total. The number of benzene rings is 3. The topological polar surface area (TPSA) is 29.5 Å². The van der Waals surface area contributed by atoms with Crippen molar-refractivity contribution in [3.63, 3.8) is 0 Å². The van der Waals surface area contributed by atoms with E-state index in [2.05, 4.69) is 58.7 Å². The summed E-state index contributed by atoms with van der Waals surface area (Å²) >= 11 is 3.07. The quantitative estimate of drug-likeness (QED) is 0.595. The van der Waals surface area contributed by atoms with Gasteiger partial charge in [0.05, 0.1) is 0 Å². The Hall–Kier alpha value is -2.26. The Morgan fingerprint density at radius 3 is 2.36 bits per heavy atom. The van der Waals surface area contributed by atoms with Crippen LogP contribution in [0.1, 0.15) is 40.5 Å². The van der Waals surface area contributed by atoms with Crippen LogP contribution >= 0.6 is 16.3 Å². The molecule has 0 saturated carbocycles. The Labute approximate surface area is 156 Å². The molecule has 25 heavy (non-hydrogen) atoms. The summed E-state index contributed by atoms with van der Waals surface area (Å²) < 4.78 is 5.23. The van der Waals surface area contributed by atoms with Gasteiger partial charge in [-0.2, -0.15) is 0 Å². The van der Waals surface area contributed by atoms with E-state index in [1.165, 1.54) is 22.3 Å². The maximum Gasteiger partial charge on any atom is 0.179 e. The second-order valence-corrected chi connectivity index (χ2v) is 6.89. The van der Waals surface area contributed by atoms with E-state index in [0.29, 0.717) is 11.7 Å². The molecule has 0 bridgehead atoms. The molecular formula is C22H19BrO2. The van der Waals surface area contributed by atoms with E-state index in [1.54, 1.807) is 12.1 Å². The van der Waals surface area contributed by atoms with Gasteiger partial charge in [0, 0.05) is 5.92 Å². The second-order valence-electron chi connectivity index (χ2n) is 6.56. The zero-order valence-corrected chi connectivity index (χ0v) is 15.3. The maximum atomic E-state index is 9.68. The van der Waals surface area contributed by atoms with Gasteiger partial charge < -0.3 is 8.93 Å². The van der Waals surface area contributed by atoms with Crippen LogP contribution in [0.15, 0.2) is 72.8 Å². The van der Waals surface area contributed by atoms with Crippen LogP contribution in [0.4, 0.5) is 0 Å². The number of aromatic hydroxyl groups is 1. The van der Waals surface area contributed by atoms with Crippen molar-refractivity contribution >= 4 is 16.3 Å². The van der Waals surface area contributed by atoms with E-state index >= 15 is 0 Å². The smallest absolute Gasteiger partial charge is 0.179 e. The van der Waals surface area contributed by atoms with Crippen molar-refractivity contribution in [3.05, 3.63) is 95.1 Å². The van der Waals surface area contributed by atoms with Gasteiger partial charge >= 0.3 is 0 Å². The molecule has 0 heterocycles. The molecule has 0 radical (unpaired) electrons. The Kier molecular flexibility index (Phi) is 4.50. The molecule has 2 atom stereocenters. The predicted molar refractivity (Wildman–Crippen MR) is 103 cm³/mol. The lowest BCUT2D eigenvalue weighted by atomic mass is 9.69. The van der Waals surface area contributed by atoms with Crippen LogP contribution in [-0.4, -0.2) is 5.11 Å². The van der Waals surface area contributed by atoms with Crippen molar-refractivity contribution < 1.29 is 8.93 Å². The van der Waals surface area contributed by atoms with Gasteiger partial charge in [0.1, 0.15) is 11.5 Å². The standard InChI is InChI=1S/C22H19BrO2/c23-25-19-11-13-21-17(14-19)8-12-20(15-4-2-1-3-5-15)22(21)16-6-9-18(24)10-7-16/h1-7,9-11,13-14,20,22,24H,8,12H2/t20-,22?/m1/s1. The van der Waals surface area contributed by atoms with Crippen molar-refractivity contribution in [2.45, 2.75) is 24.7 Å². The molecule has 1 unspecified atom stereocenters. The SMILES string of the molecule is Oc1ccc(C2c3ccc(OBr)cc3CC[C@@H]2c2ccccc2)cc1. The molecule has 1 aliphatic carbocycles. The third kappa shape index (κ3) is 3.16. The first-order valence-corrected chi connectivity index (χ1v) is 9.16. The van der Waals surface area contributed by atoms with E-state index in [-0.39, 0.29) is 5.92 Å². The Balaban J connectivity index is 1.84. The fraction of sp³-hybridized carbons (Fsp3) is 0.182. The molecule has 0 aromatic heterocycles. The molecule has 0 aliphatic heterocycles. The third-order valence-corrected chi connectivity index (χ3v) is 5.52. The van der Waals surface area contributed by atoms with Crippen LogP contribution in [0.25, 0.3) is 0 Å². The number of fused-ring (bicyclic) bond motifs is 1. The minimum atomic E-state index is 0.274. The molecule has 0 amide bonds. The largest absolute Gasteiger partial charge is 0.508 e. The summed E-state index contributed by atoms with van der Waals surface area (Å²) in [5.74, 6) is 1.84. The molecular weight excluding hydrogens is 376 g/mol. The summed E-state index contributed by atoms with van der Waals surface area (Å²) in [5.41, 5.74) is 5.29. The molecule has 1 aliphatic rings. The molecule has 0 fully saturated rings. The fourth-order valence-electron chi connectivity index (χ4n) is 4.00. The molecule has 4 rings (SSSR count). The van der Waals surface area contributed by atoms with Gasteiger partial charge in [0.2, 0.25) is 0 Å². The molecule has 0 spiro atoms. The number of halogens is 1. The first kappa shape index (κ1) is 16.2. The Bertz CT molecular complexity index is 859. The first-order valence-electron chi connectivity index (χ1n) is 8.51. The minimum Gasteiger partial charge on any atom is -0.508 e. The lowest BCUT2D eigenvalue weighted by molar-refractivity contribution is 0.474. The van der Waals surface area contributed by atoms with Gasteiger partial charge in [-0.1, -0.05) is 48.5 Å². The van der Waals surface area contributed by atoms with Gasteiger partial charge in [-0.05, 0) is 65.3 Å². The lowest BCUT2D eigenvalue weighted by Gasteiger charge is -2.34. The number of aryl methyl sites for hydroxylation is 1. The highest BCUT2D eigenvalue weighted by Crippen LogP contribution is 2.47. The highest BCUT2D eigenvalue weighted by atomic mass is 79.9. The number of phenolic OH excluding ortho intramolecular Hbond substituents is 1. The van der Waals surface area contributed by atoms with Gasteiger partial charge in [-0.3, -0.25) is 0 Å². The Morgan fingerprint density at radius 2 is 1.64 bits per heavy atom. The van der Waals surface area contributed by atoms with Crippen LogP contribution in [0.5, 0.6) is 11.5 Å². The van der Waals surface area contributed by atoms with Crippen LogP contribution in [0.2, 0.25) is 0 Å². The van der Waals surface area contributed by atoms with Gasteiger partial charge in [0.25, 0.3) is 0 Å². The van der Waals surface area contributed by atoms with Crippen molar-refractivity contribution in [1.82, 2.24) is 0 Å². The summed E-state index contributed by atoms with van der Waals surface area (Å²) in [7, 11) is 0. The second kappa shape index (κ2) is 6.93. The third-order valence-electron chi connectivity index (χ3n) is 5.15. The van der Waals surface area contributed by atoms with Crippen LogP contribution < -0.4 is 3.83 Å². The van der Waals surface area contributed by atoms with Gasteiger partial charge in [0.15, 0.2) is 16.3 Å². The van der Waals surface area contributed by atoms with Crippen molar-refractivity contribution in [1.29, 1.82) is 0 Å². The summed E-state index contributed by atoms with van der Waals surface area (Å²) in [6, 6.07) is 24.7. The monoisotopic (exact) mass is 394 g/mol. The van der Waals surface area contributed by atoms with E-state index in [1.807, 2.05) is 18.2 Å². The molecule has 3 aromatic carbocycles. The van der Waals surface area contributed by atoms with Crippen LogP contribution in [0, 0.1) is 0 Å². The van der Waals surface area contributed by atoms with Crippen molar-refractivity contribution in [3.8, 4) is 11.5 Å². The summed E-state index contributed by atoms with van der Waals surface area (Å²) in [6.45, 7) is 0. The van der Waals surface area contributed by atoms with E-state index in [9.17, 15) is 5.11 Å². The van der Waals surface area contributed by atoms with E-state index < -0.39 is 0 Å². The lowest BCUT2D eigenvalue weighted by Crippen LogP contribution is -2.20. The molecule has 0 saturated heterocycles. The average molecular weight is 395 g/mol. The predicted octanol–water partition coefficient (Wildman–Crippen LogP) is 5.94. The molecule has 2 nitrogen and oxygen atoms in total. The number of hydrogen-bond acceptors (Lipinski definition) is 2. The molecule has 3 aromatic rings. The number of hydrogen-bond donors (Lipinski definition) is 1. The molecule has 3 heteroatoms. The summed E-state index contributed by atoms with van der Waals surface area (Å²) in [5, 5.41) is 9.68. The minimum absolute atomic E-state index is 0.274. The van der Waals surface area contributed by atoms with E-state index in [4.69, 9.17) is 3.83 Å². The summed E-state index contributed by atoms with van der Waals surface area (Å²) in [4.78, 5) is 0. The van der Waals surface area contributed by atoms with Gasteiger partial charge in [-0.25, -0.2) is 0 Å². The maximum absolute atomic E-state index is 9.68. The van der Waals surface area contributed by atoms with E-state index in [0.717, 1.165) is 18.6 Å². The van der Waals surface area contributed by atoms with Crippen LogP contribution in [-0.2, 0) is 6.42 Å². The normalized spacial score (nSPS) is 19.2. The summed E-state index contributed by atoms with van der Waals surface area (Å²) in [6.07, 6.45) is 2.13. The molecule has 126 valence electrons. The van der Waals surface area contributed by atoms with Gasteiger partial charge in [-0.15, -0.1) is 0 Å². The number of phenols is 1. The van der Waals surface area contributed by atoms with Crippen molar-refractivity contribution in [2.24, 2.45) is 0 Å². The Morgan fingerprint density at radius 1 is 0.880 bits per heavy atom. The number of rotatable bonds is 3. The highest BCUT2D eigenvalue weighted by Gasteiger charge is 2.32. The average Bonchev–Trinajstić information content (AvgIpc) is 2.68. The zero-order chi connectivity index (χ0) is 17.2. The van der Waals surface area contributed by atoms with Crippen molar-refractivity contribution in [2.75, 3.05) is 0 Å². The highest BCUT2D eigenvalue weighted by molar-refractivity contribution is 9.06. The zero-order valence-electron chi connectivity index (χ0n) is 13.7. The first-order chi connectivity index (χ1) is 12.3.